The van der Waals surface area contributed by atoms with Crippen molar-refractivity contribution in [3.05, 3.63) is 89.8 Å². The van der Waals surface area contributed by atoms with Gasteiger partial charge in [-0.3, -0.25) is 9.78 Å². The van der Waals surface area contributed by atoms with Crippen LogP contribution in [-0.4, -0.2) is 15.5 Å². The van der Waals surface area contributed by atoms with E-state index in [1.807, 2.05) is 12.1 Å². The van der Waals surface area contributed by atoms with Crippen molar-refractivity contribution in [2.45, 2.75) is 13.1 Å². The van der Waals surface area contributed by atoms with Gasteiger partial charge >= 0.3 is 0 Å². The molecule has 3 aromatic heterocycles. The van der Waals surface area contributed by atoms with E-state index < -0.39 is 0 Å². The third-order valence-electron chi connectivity index (χ3n) is 4.22. The summed E-state index contributed by atoms with van der Waals surface area (Å²) in [5, 5.41) is 2.87. The number of rotatable bonds is 5. The highest BCUT2D eigenvalue weighted by atomic mass is 19.1. The van der Waals surface area contributed by atoms with Gasteiger partial charge in [0.05, 0.1) is 18.3 Å². The van der Waals surface area contributed by atoms with Crippen molar-refractivity contribution in [3.63, 3.8) is 0 Å². The molecule has 3 heterocycles. The maximum Gasteiger partial charge on any atom is 0.268 e. The first-order valence-electron chi connectivity index (χ1n) is 8.19. The second-order valence-corrected chi connectivity index (χ2v) is 5.92. The molecule has 0 aliphatic rings. The number of pyridine rings is 1. The molecular weight excluding hydrogens is 333 g/mol. The highest BCUT2D eigenvalue weighted by Gasteiger charge is 2.18. The van der Waals surface area contributed by atoms with Gasteiger partial charge in [0.25, 0.3) is 5.91 Å². The Hall–Kier alpha value is -3.41. The number of aromatic nitrogens is 2. The average Bonchev–Trinajstić information content (AvgIpc) is 3.25. The molecule has 0 spiro atoms. The molecule has 0 saturated carbocycles. The third-order valence-corrected chi connectivity index (χ3v) is 4.22. The van der Waals surface area contributed by atoms with E-state index in [2.05, 4.69) is 10.3 Å². The van der Waals surface area contributed by atoms with Crippen LogP contribution in [0.4, 0.5) is 4.39 Å². The zero-order valence-corrected chi connectivity index (χ0v) is 13.9. The number of hydrogen-bond donors (Lipinski definition) is 1. The maximum atomic E-state index is 14.1. The number of halogens is 1. The van der Waals surface area contributed by atoms with Crippen molar-refractivity contribution >= 4 is 17.0 Å². The lowest BCUT2D eigenvalue weighted by Gasteiger charge is -2.11. The van der Waals surface area contributed by atoms with Gasteiger partial charge < -0.3 is 14.3 Å². The Balaban J connectivity index is 1.63. The topological polar surface area (TPSA) is 60.1 Å². The molecule has 1 aromatic carbocycles. The van der Waals surface area contributed by atoms with E-state index in [4.69, 9.17) is 4.42 Å². The highest BCUT2D eigenvalue weighted by Crippen LogP contribution is 2.23. The molecule has 6 heteroatoms. The van der Waals surface area contributed by atoms with Gasteiger partial charge in [-0.25, -0.2) is 4.39 Å². The molecular formula is C20H16FN3O2. The fourth-order valence-corrected chi connectivity index (χ4v) is 2.91. The first-order chi connectivity index (χ1) is 12.7. The van der Waals surface area contributed by atoms with Gasteiger partial charge in [0.2, 0.25) is 0 Å². The Kier molecular flexibility index (Phi) is 4.23. The molecule has 4 rings (SSSR count). The minimum atomic E-state index is -0.306. The second-order valence-electron chi connectivity index (χ2n) is 5.92. The number of nitrogens with zero attached hydrogens (tertiary/aromatic N) is 2. The molecule has 0 aliphatic carbocycles. The van der Waals surface area contributed by atoms with Crippen LogP contribution < -0.4 is 5.32 Å². The Labute approximate surface area is 149 Å². The number of amides is 1. The number of benzene rings is 1. The molecule has 0 radical (unpaired) electrons. The Morgan fingerprint density at radius 2 is 2.08 bits per heavy atom. The van der Waals surface area contributed by atoms with Crippen molar-refractivity contribution < 1.29 is 13.6 Å². The Bertz CT molecular complexity index is 1050. The van der Waals surface area contributed by atoms with Crippen molar-refractivity contribution in [3.8, 4) is 0 Å². The van der Waals surface area contributed by atoms with Gasteiger partial charge in [-0.05, 0) is 17.7 Å². The summed E-state index contributed by atoms with van der Waals surface area (Å²) in [4.78, 5) is 16.7. The molecule has 0 bridgehead atoms. The van der Waals surface area contributed by atoms with Gasteiger partial charge in [0.15, 0.2) is 5.58 Å². The smallest absolute Gasteiger partial charge is 0.268 e. The Morgan fingerprint density at radius 3 is 2.88 bits per heavy atom. The van der Waals surface area contributed by atoms with Crippen LogP contribution in [0.25, 0.3) is 11.1 Å². The fraction of sp³-hybridized carbons (Fsp3) is 0.100. The van der Waals surface area contributed by atoms with E-state index in [-0.39, 0.29) is 18.3 Å². The molecule has 5 nitrogen and oxygen atoms in total. The number of hydrogen-bond acceptors (Lipinski definition) is 3. The van der Waals surface area contributed by atoms with E-state index in [9.17, 15) is 9.18 Å². The third kappa shape index (κ3) is 3.09. The van der Waals surface area contributed by atoms with E-state index in [0.29, 0.717) is 23.4 Å². The van der Waals surface area contributed by atoms with E-state index in [0.717, 1.165) is 11.1 Å². The van der Waals surface area contributed by atoms with E-state index in [1.165, 1.54) is 6.07 Å². The molecule has 0 saturated heterocycles. The number of furan rings is 1. The standard InChI is InChI=1S/C20H16FN3O2/c21-16-6-2-1-5-15(16)13-24-17-7-9-26-19(17)10-18(24)20(25)23-12-14-4-3-8-22-11-14/h1-11H,12-13H2,(H,23,25). The minimum absolute atomic E-state index is 0.241. The molecule has 26 heavy (non-hydrogen) atoms. The predicted octanol–water partition coefficient (Wildman–Crippen LogP) is 3.75. The summed E-state index contributed by atoms with van der Waals surface area (Å²) in [6.45, 7) is 0.601. The highest BCUT2D eigenvalue weighted by molar-refractivity contribution is 5.97. The molecule has 1 amide bonds. The number of fused-ring (bicyclic) bond motifs is 1. The monoisotopic (exact) mass is 349 g/mol. The fourth-order valence-electron chi connectivity index (χ4n) is 2.91. The normalized spacial score (nSPS) is 11.0. The van der Waals surface area contributed by atoms with Crippen molar-refractivity contribution in [1.29, 1.82) is 0 Å². The van der Waals surface area contributed by atoms with Crippen LogP contribution in [-0.2, 0) is 13.1 Å². The largest absolute Gasteiger partial charge is 0.463 e. The van der Waals surface area contributed by atoms with Gasteiger partial charge in [-0.1, -0.05) is 24.3 Å². The molecule has 0 aliphatic heterocycles. The van der Waals surface area contributed by atoms with E-state index in [1.54, 1.807) is 53.6 Å². The second kappa shape index (κ2) is 6.84. The van der Waals surface area contributed by atoms with Crippen molar-refractivity contribution in [2.75, 3.05) is 0 Å². The number of carbonyl (C=O) groups is 1. The maximum absolute atomic E-state index is 14.1. The van der Waals surface area contributed by atoms with Gasteiger partial charge in [-0.15, -0.1) is 0 Å². The zero-order chi connectivity index (χ0) is 17.9. The summed E-state index contributed by atoms with van der Waals surface area (Å²) in [7, 11) is 0. The zero-order valence-electron chi connectivity index (χ0n) is 13.9. The van der Waals surface area contributed by atoms with Crippen molar-refractivity contribution in [2.24, 2.45) is 0 Å². The van der Waals surface area contributed by atoms with Gasteiger partial charge in [0.1, 0.15) is 11.5 Å². The lowest BCUT2D eigenvalue weighted by molar-refractivity contribution is 0.0942. The van der Waals surface area contributed by atoms with E-state index >= 15 is 0 Å². The molecule has 0 atom stereocenters. The van der Waals surface area contributed by atoms with Crippen LogP contribution in [0.3, 0.4) is 0 Å². The van der Waals surface area contributed by atoms with Crippen molar-refractivity contribution in [1.82, 2.24) is 14.9 Å². The quantitative estimate of drug-likeness (QED) is 0.597. The molecule has 0 fully saturated rings. The van der Waals surface area contributed by atoms with Crippen LogP contribution in [0, 0.1) is 5.82 Å². The minimum Gasteiger partial charge on any atom is -0.463 e. The lowest BCUT2D eigenvalue weighted by atomic mass is 10.2. The molecule has 0 unspecified atom stereocenters. The summed E-state index contributed by atoms with van der Waals surface area (Å²) < 4.78 is 21.2. The molecule has 4 aromatic rings. The van der Waals surface area contributed by atoms with Crippen LogP contribution in [0.5, 0.6) is 0 Å². The summed E-state index contributed by atoms with van der Waals surface area (Å²) in [5.74, 6) is -0.559. The van der Waals surface area contributed by atoms with Crippen LogP contribution in [0.15, 0.2) is 71.6 Å². The van der Waals surface area contributed by atoms with Gasteiger partial charge in [0, 0.05) is 36.6 Å². The SMILES string of the molecule is O=C(NCc1cccnc1)c1cc2occc2n1Cc1ccccc1F. The van der Waals surface area contributed by atoms with Crippen LogP contribution in [0.1, 0.15) is 21.6 Å². The molecule has 1 N–H and O–H groups in total. The lowest BCUT2D eigenvalue weighted by Crippen LogP contribution is -2.25. The average molecular weight is 349 g/mol. The van der Waals surface area contributed by atoms with Crippen LogP contribution >= 0.6 is 0 Å². The molecule has 130 valence electrons. The summed E-state index contributed by atoms with van der Waals surface area (Å²) in [5.41, 5.74) is 3.17. The van der Waals surface area contributed by atoms with Gasteiger partial charge in [-0.2, -0.15) is 0 Å². The predicted molar refractivity (Wildman–Crippen MR) is 95.1 cm³/mol. The summed E-state index contributed by atoms with van der Waals surface area (Å²) >= 11 is 0. The first kappa shape index (κ1) is 16.1. The summed E-state index contributed by atoms with van der Waals surface area (Å²) in [6, 6.07) is 13.7. The number of nitrogens with one attached hydrogen (secondary N) is 1. The number of carbonyl (C=O) groups excluding carboxylic acids is 1. The Morgan fingerprint density at radius 1 is 1.19 bits per heavy atom. The van der Waals surface area contributed by atoms with Crippen LogP contribution in [0.2, 0.25) is 0 Å². The summed E-state index contributed by atoms with van der Waals surface area (Å²) in [6.07, 6.45) is 4.93. The first-order valence-corrected chi connectivity index (χ1v) is 8.19.